The molecule has 0 saturated carbocycles. The Bertz CT molecular complexity index is 464. The van der Waals surface area contributed by atoms with Gasteiger partial charge in [-0.05, 0) is 18.5 Å². The molecule has 1 atom stereocenters. The average molecular weight is 216 g/mol. The maximum Gasteiger partial charge on any atom is 0.0950 e. The predicted octanol–water partition coefficient (Wildman–Crippen LogP) is 1.64. The van der Waals surface area contributed by atoms with E-state index in [1.807, 2.05) is 24.3 Å². The molecule has 0 aliphatic carbocycles. The first-order valence-electron chi connectivity index (χ1n) is 5.45. The number of hydrogen-bond acceptors (Lipinski definition) is 4. The first kappa shape index (κ1) is 10.8. The van der Waals surface area contributed by atoms with Crippen molar-refractivity contribution in [3.05, 3.63) is 30.5 Å². The van der Waals surface area contributed by atoms with Crippen molar-refractivity contribution in [1.82, 2.24) is 10.2 Å². The lowest BCUT2D eigenvalue weighted by atomic mass is 10.1. The maximum absolute atomic E-state index is 5.58. The van der Waals surface area contributed by atoms with Crippen molar-refractivity contribution in [2.24, 2.45) is 11.7 Å². The highest BCUT2D eigenvalue weighted by molar-refractivity contribution is 5.90. The summed E-state index contributed by atoms with van der Waals surface area (Å²) in [5, 5.41) is 12.5. The summed E-state index contributed by atoms with van der Waals surface area (Å²) >= 11 is 0. The molecule has 0 saturated heterocycles. The van der Waals surface area contributed by atoms with E-state index in [0.29, 0.717) is 12.5 Å². The zero-order valence-electron chi connectivity index (χ0n) is 9.35. The molecule has 4 heteroatoms. The minimum atomic E-state index is 0.451. The van der Waals surface area contributed by atoms with E-state index in [4.69, 9.17) is 5.73 Å². The molecule has 16 heavy (non-hydrogen) atoms. The summed E-state index contributed by atoms with van der Waals surface area (Å²) in [5.74, 6) is 0.451. The van der Waals surface area contributed by atoms with E-state index in [9.17, 15) is 0 Å². The summed E-state index contributed by atoms with van der Waals surface area (Å²) in [6.07, 6.45) is 1.76. The third kappa shape index (κ3) is 2.28. The van der Waals surface area contributed by atoms with Crippen molar-refractivity contribution in [2.75, 3.05) is 18.4 Å². The highest BCUT2D eigenvalue weighted by Gasteiger charge is 2.03. The van der Waals surface area contributed by atoms with Crippen LogP contribution in [0.15, 0.2) is 30.5 Å². The zero-order valence-corrected chi connectivity index (χ0v) is 9.35. The summed E-state index contributed by atoms with van der Waals surface area (Å²) in [6, 6.07) is 7.96. The molecule has 2 rings (SSSR count). The summed E-state index contributed by atoms with van der Waals surface area (Å²) < 4.78 is 0. The first-order chi connectivity index (χ1) is 7.81. The Labute approximate surface area is 94.9 Å². The minimum Gasteiger partial charge on any atom is -0.383 e. The topological polar surface area (TPSA) is 63.8 Å². The van der Waals surface area contributed by atoms with Crippen LogP contribution in [0, 0.1) is 5.92 Å². The lowest BCUT2D eigenvalue weighted by Gasteiger charge is -2.12. The van der Waals surface area contributed by atoms with Gasteiger partial charge in [-0.2, -0.15) is 10.2 Å². The van der Waals surface area contributed by atoms with Crippen LogP contribution in [0.5, 0.6) is 0 Å². The molecule has 0 amide bonds. The van der Waals surface area contributed by atoms with Crippen molar-refractivity contribution >= 4 is 16.6 Å². The average Bonchev–Trinajstić information content (AvgIpc) is 2.35. The molecule has 1 unspecified atom stereocenters. The maximum atomic E-state index is 5.58. The van der Waals surface area contributed by atoms with Crippen LogP contribution in [-0.2, 0) is 0 Å². The molecule has 1 aromatic carbocycles. The van der Waals surface area contributed by atoms with Gasteiger partial charge in [0.05, 0.1) is 17.4 Å². The zero-order chi connectivity index (χ0) is 11.4. The lowest BCUT2D eigenvalue weighted by Crippen LogP contribution is -2.19. The Balaban J connectivity index is 2.23. The number of rotatable bonds is 4. The number of nitrogens with two attached hydrogens (primary N) is 1. The van der Waals surface area contributed by atoms with Crippen LogP contribution in [0.25, 0.3) is 10.9 Å². The highest BCUT2D eigenvalue weighted by atomic mass is 15.1. The number of nitrogens with zero attached hydrogens (tertiary/aromatic N) is 2. The fourth-order valence-electron chi connectivity index (χ4n) is 1.52. The molecule has 0 bridgehead atoms. The Hall–Kier alpha value is -1.68. The van der Waals surface area contributed by atoms with Gasteiger partial charge < -0.3 is 11.1 Å². The van der Waals surface area contributed by atoms with Gasteiger partial charge in [-0.15, -0.1) is 0 Å². The van der Waals surface area contributed by atoms with Crippen LogP contribution < -0.4 is 11.1 Å². The number of fused-ring (bicyclic) bond motifs is 1. The van der Waals surface area contributed by atoms with Gasteiger partial charge in [-0.1, -0.05) is 25.1 Å². The third-order valence-corrected chi connectivity index (χ3v) is 2.59. The second-order valence-electron chi connectivity index (χ2n) is 4.00. The molecular formula is C12H16N4. The second kappa shape index (κ2) is 4.90. The molecule has 1 heterocycles. The molecule has 1 aromatic heterocycles. The summed E-state index contributed by atoms with van der Waals surface area (Å²) in [5.41, 5.74) is 7.51. The van der Waals surface area contributed by atoms with Crippen LogP contribution in [0.4, 0.5) is 5.69 Å². The molecule has 0 radical (unpaired) electrons. The van der Waals surface area contributed by atoms with E-state index in [1.54, 1.807) is 6.20 Å². The summed E-state index contributed by atoms with van der Waals surface area (Å²) in [4.78, 5) is 0. The van der Waals surface area contributed by atoms with Gasteiger partial charge in [0.1, 0.15) is 0 Å². The number of hydrogen-bond donors (Lipinski definition) is 2. The SMILES string of the molecule is CC(CN)CNc1cnnc2ccccc12. The Morgan fingerprint density at radius 3 is 3.00 bits per heavy atom. The van der Waals surface area contributed by atoms with Gasteiger partial charge in [0.15, 0.2) is 0 Å². The van der Waals surface area contributed by atoms with E-state index in [1.165, 1.54) is 0 Å². The highest BCUT2D eigenvalue weighted by Crippen LogP contribution is 2.19. The molecule has 4 nitrogen and oxygen atoms in total. The predicted molar refractivity (Wildman–Crippen MR) is 66.2 cm³/mol. The van der Waals surface area contributed by atoms with Gasteiger partial charge in [0, 0.05) is 11.9 Å². The molecule has 0 aliphatic rings. The fraction of sp³-hybridized carbons (Fsp3) is 0.333. The van der Waals surface area contributed by atoms with Gasteiger partial charge in [-0.3, -0.25) is 0 Å². The Morgan fingerprint density at radius 1 is 1.38 bits per heavy atom. The minimum absolute atomic E-state index is 0.451. The van der Waals surface area contributed by atoms with Gasteiger partial charge >= 0.3 is 0 Å². The summed E-state index contributed by atoms with van der Waals surface area (Å²) in [7, 11) is 0. The van der Waals surface area contributed by atoms with Crippen LogP contribution in [0.1, 0.15) is 6.92 Å². The Morgan fingerprint density at radius 2 is 2.19 bits per heavy atom. The second-order valence-corrected chi connectivity index (χ2v) is 4.00. The molecule has 0 spiro atoms. The van der Waals surface area contributed by atoms with Crippen LogP contribution in [0.3, 0.4) is 0 Å². The molecule has 84 valence electrons. The molecule has 3 N–H and O–H groups in total. The quantitative estimate of drug-likeness (QED) is 0.815. The van der Waals surface area contributed by atoms with Crippen LogP contribution in [-0.4, -0.2) is 23.3 Å². The Kier molecular flexibility index (Phi) is 3.31. The van der Waals surface area contributed by atoms with Crippen molar-refractivity contribution in [1.29, 1.82) is 0 Å². The van der Waals surface area contributed by atoms with E-state index in [2.05, 4.69) is 22.4 Å². The van der Waals surface area contributed by atoms with Gasteiger partial charge in [-0.25, -0.2) is 0 Å². The third-order valence-electron chi connectivity index (χ3n) is 2.59. The number of benzene rings is 1. The molecular weight excluding hydrogens is 200 g/mol. The first-order valence-corrected chi connectivity index (χ1v) is 5.45. The van der Waals surface area contributed by atoms with E-state index in [-0.39, 0.29) is 0 Å². The van der Waals surface area contributed by atoms with Gasteiger partial charge in [0.2, 0.25) is 0 Å². The molecule has 0 aliphatic heterocycles. The van der Waals surface area contributed by atoms with Crippen molar-refractivity contribution in [3.63, 3.8) is 0 Å². The normalized spacial score (nSPS) is 12.6. The van der Waals surface area contributed by atoms with Crippen molar-refractivity contribution in [2.45, 2.75) is 6.92 Å². The van der Waals surface area contributed by atoms with Crippen molar-refractivity contribution < 1.29 is 0 Å². The smallest absolute Gasteiger partial charge is 0.0950 e. The fourth-order valence-corrected chi connectivity index (χ4v) is 1.52. The molecule has 0 fully saturated rings. The summed E-state index contributed by atoms with van der Waals surface area (Å²) in [6.45, 7) is 3.65. The van der Waals surface area contributed by atoms with Crippen molar-refractivity contribution in [3.8, 4) is 0 Å². The number of nitrogens with one attached hydrogen (secondary N) is 1. The number of aromatic nitrogens is 2. The van der Waals surface area contributed by atoms with Gasteiger partial charge in [0.25, 0.3) is 0 Å². The number of anilines is 1. The van der Waals surface area contributed by atoms with Crippen LogP contribution >= 0.6 is 0 Å². The van der Waals surface area contributed by atoms with E-state index < -0.39 is 0 Å². The standard InChI is InChI=1S/C12H16N4/c1-9(6-13)7-14-12-8-15-16-11-5-3-2-4-10(11)12/h2-5,8-9H,6-7,13H2,1H3,(H,14,16). The molecule has 2 aromatic rings. The van der Waals surface area contributed by atoms with Crippen LogP contribution in [0.2, 0.25) is 0 Å². The lowest BCUT2D eigenvalue weighted by molar-refractivity contribution is 0.628. The van der Waals surface area contributed by atoms with E-state index >= 15 is 0 Å². The van der Waals surface area contributed by atoms with E-state index in [0.717, 1.165) is 23.1 Å². The monoisotopic (exact) mass is 216 g/mol. The largest absolute Gasteiger partial charge is 0.383 e.